The second kappa shape index (κ2) is 6.79. The molecule has 20 heavy (non-hydrogen) atoms. The van der Waals surface area contributed by atoms with Crippen molar-refractivity contribution in [2.24, 2.45) is 5.73 Å². The Kier molecular flexibility index (Phi) is 5.11. The molecule has 0 aliphatic heterocycles. The number of benzene rings is 2. The van der Waals surface area contributed by atoms with Crippen LogP contribution in [0.5, 0.6) is 11.5 Å². The Morgan fingerprint density at radius 1 is 0.900 bits per heavy atom. The second-order valence-corrected chi connectivity index (χ2v) is 3.73. The molecule has 0 aromatic heterocycles. The first-order valence-electron chi connectivity index (χ1n) is 5.52. The molecule has 5 N–H and O–H groups in total. The molecule has 0 radical (unpaired) electrons. The van der Waals surface area contributed by atoms with Crippen molar-refractivity contribution in [2.75, 3.05) is 0 Å². The highest BCUT2D eigenvalue weighted by Gasteiger charge is 2.05. The number of carbonyl (C=O) groups is 2. The molecule has 0 heterocycles. The minimum absolute atomic E-state index is 0.0671. The average Bonchev–Trinajstić information content (AvgIpc) is 2.40. The molecule has 0 spiro atoms. The topological polar surface area (TPSA) is 121 Å². The minimum atomic E-state index is -1.11. The summed E-state index contributed by atoms with van der Waals surface area (Å²) < 4.78 is 0. The van der Waals surface area contributed by atoms with E-state index >= 15 is 0 Å². The van der Waals surface area contributed by atoms with Gasteiger partial charge in [-0.15, -0.1) is 0 Å². The van der Waals surface area contributed by atoms with Gasteiger partial charge in [-0.3, -0.25) is 4.79 Å². The number of aromatic hydroxyl groups is 2. The standard InChI is InChI=1S/C7H7NO2.C7H6O3/c8-7(10)5-1-3-6(9)4-2-5;8-6-4-2-1-3-5(6)7(9)10/h1-4,9H,(H2,8,10);1-4,8H,(H,9,10). The van der Waals surface area contributed by atoms with E-state index in [1.807, 2.05) is 0 Å². The van der Waals surface area contributed by atoms with Crippen molar-refractivity contribution < 1.29 is 24.9 Å². The molecule has 6 heteroatoms. The van der Waals surface area contributed by atoms with Crippen molar-refractivity contribution in [1.29, 1.82) is 0 Å². The Balaban J connectivity index is 0.000000200. The summed E-state index contributed by atoms with van der Waals surface area (Å²) in [6.45, 7) is 0. The fourth-order valence-corrected chi connectivity index (χ4v) is 1.28. The number of carboxylic acid groups (broad SMARTS) is 1. The molecule has 0 aliphatic rings. The zero-order chi connectivity index (χ0) is 15.1. The summed E-state index contributed by atoms with van der Waals surface area (Å²) in [7, 11) is 0. The van der Waals surface area contributed by atoms with Crippen LogP contribution in [0.25, 0.3) is 0 Å². The predicted molar refractivity (Wildman–Crippen MR) is 71.7 cm³/mol. The van der Waals surface area contributed by atoms with E-state index in [-0.39, 0.29) is 17.1 Å². The summed E-state index contributed by atoms with van der Waals surface area (Å²) in [6.07, 6.45) is 0. The zero-order valence-electron chi connectivity index (χ0n) is 10.4. The van der Waals surface area contributed by atoms with E-state index in [2.05, 4.69) is 0 Å². The number of phenols is 2. The number of rotatable bonds is 2. The molecule has 0 aliphatic carbocycles. The van der Waals surface area contributed by atoms with E-state index in [4.69, 9.17) is 21.1 Å². The minimum Gasteiger partial charge on any atom is -0.508 e. The molecule has 0 saturated carbocycles. The fraction of sp³-hybridized carbons (Fsp3) is 0. The van der Waals surface area contributed by atoms with Crippen molar-refractivity contribution in [2.45, 2.75) is 0 Å². The van der Waals surface area contributed by atoms with E-state index in [9.17, 15) is 9.59 Å². The van der Waals surface area contributed by atoms with Gasteiger partial charge in [0.2, 0.25) is 5.91 Å². The Labute approximate surface area is 114 Å². The van der Waals surface area contributed by atoms with Gasteiger partial charge in [0.25, 0.3) is 0 Å². The quantitative estimate of drug-likeness (QED) is 0.663. The number of carboxylic acids is 1. The smallest absolute Gasteiger partial charge is 0.339 e. The van der Waals surface area contributed by atoms with Crippen molar-refractivity contribution in [3.63, 3.8) is 0 Å². The maximum atomic E-state index is 10.5. The lowest BCUT2D eigenvalue weighted by atomic mass is 10.2. The molecule has 6 nitrogen and oxygen atoms in total. The first kappa shape index (κ1) is 15.0. The van der Waals surface area contributed by atoms with Gasteiger partial charge in [-0.25, -0.2) is 4.79 Å². The summed E-state index contributed by atoms with van der Waals surface area (Å²) in [4.78, 5) is 20.7. The number of amides is 1. The van der Waals surface area contributed by atoms with Gasteiger partial charge in [-0.1, -0.05) is 12.1 Å². The van der Waals surface area contributed by atoms with Crippen LogP contribution in [0.15, 0.2) is 48.5 Å². The molecule has 2 aromatic carbocycles. The third-order valence-corrected chi connectivity index (χ3v) is 2.29. The molecule has 1 amide bonds. The molecule has 0 bridgehead atoms. The zero-order valence-corrected chi connectivity index (χ0v) is 10.4. The summed E-state index contributed by atoms with van der Waals surface area (Å²) in [6, 6.07) is 11.6. The number of nitrogens with two attached hydrogens (primary N) is 1. The van der Waals surface area contributed by atoms with Crippen molar-refractivity contribution in [1.82, 2.24) is 0 Å². The van der Waals surface area contributed by atoms with Crippen molar-refractivity contribution in [3.8, 4) is 11.5 Å². The van der Waals surface area contributed by atoms with Crippen LogP contribution >= 0.6 is 0 Å². The monoisotopic (exact) mass is 275 g/mol. The lowest BCUT2D eigenvalue weighted by Gasteiger charge is -1.95. The number of aromatic carboxylic acids is 1. The third-order valence-electron chi connectivity index (χ3n) is 2.29. The predicted octanol–water partition coefficient (Wildman–Crippen LogP) is 1.58. The van der Waals surface area contributed by atoms with E-state index in [1.54, 1.807) is 12.1 Å². The third kappa shape index (κ3) is 4.34. The second-order valence-electron chi connectivity index (χ2n) is 3.73. The summed E-state index contributed by atoms with van der Waals surface area (Å²) in [5, 5.41) is 26.1. The summed E-state index contributed by atoms with van der Waals surface area (Å²) in [5.74, 6) is -1.67. The number of phenolic OH excluding ortho intramolecular Hbond substituents is 1. The number of hydrogen-bond donors (Lipinski definition) is 4. The molecule has 2 aromatic rings. The molecule has 2 rings (SSSR count). The Morgan fingerprint density at radius 2 is 1.45 bits per heavy atom. The van der Waals surface area contributed by atoms with Gasteiger partial charge in [0.15, 0.2) is 0 Å². The molecular weight excluding hydrogens is 262 g/mol. The van der Waals surface area contributed by atoms with Crippen LogP contribution in [0.1, 0.15) is 20.7 Å². The number of para-hydroxylation sites is 1. The SMILES string of the molecule is NC(=O)c1ccc(O)cc1.O=C(O)c1ccccc1O. The maximum absolute atomic E-state index is 10.5. The number of primary amides is 1. The number of hydrogen-bond acceptors (Lipinski definition) is 4. The first-order valence-corrected chi connectivity index (χ1v) is 5.52. The van der Waals surface area contributed by atoms with E-state index < -0.39 is 11.9 Å². The first-order chi connectivity index (χ1) is 9.41. The van der Waals surface area contributed by atoms with Gasteiger partial charge in [0, 0.05) is 5.56 Å². The van der Waals surface area contributed by atoms with E-state index in [0.29, 0.717) is 5.56 Å². The van der Waals surface area contributed by atoms with E-state index in [0.717, 1.165) is 0 Å². The van der Waals surface area contributed by atoms with Crippen LogP contribution in [-0.4, -0.2) is 27.2 Å². The Hall–Kier alpha value is -3.02. The Bertz CT molecular complexity index is 607. The molecule has 0 fully saturated rings. The molecule has 0 unspecified atom stereocenters. The highest BCUT2D eigenvalue weighted by atomic mass is 16.4. The lowest BCUT2D eigenvalue weighted by molar-refractivity contribution is 0.0693. The van der Waals surface area contributed by atoms with Crippen LogP contribution < -0.4 is 5.73 Å². The van der Waals surface area contributed by atoms with Crippen LogP contribution in [0, 0.1) is 0 Å². The Morgan fingerprint density at radius 3 is 1.85 bits per heavy atom. The largest absolute Gasteiger partial charge is 0.508 e. The van der Waals surface area contributed by atoms with Gasteiger partial charge >= 0.3 is 5.97 Å². The van der Waals surface area contributed by atoms with Gasteiger partial charge < -0.3 is 21.1 Å². The van der Waals surface area contributed by atoms with Gasteiger partial charge in [-0.05, 0) is 36.4 Å². The van der Waals surface area contributed by atoms with Crippen LogP contribution in [0.3, 0.4) is 0 Å². The van der Waals surface area contributed by atoms with Crippen LogP contribution in [0.4, 0.5) is 0 Å². The summed E-state index contributed by atoms with van der Waals surface area (Å²) in [5.41, 5.74) is 5.28. The van der Waals surface area contributed by atoms with Crippen molar-refractivity contribution in [3.05, 3.63) is 59.7 Å². The van der Waals surface area contributed by atoms with Crippen LogP contribution in [-0.2, 0) is 0 Å². The molecular formula is C14H13NO5. The van der Waals surface area contributed by atoms with Crippen molar-refractivity contribution >= 4 is 11.9 Å². The van der Waals surface area contributed by atoms with E-state index in [1.165, 1.54) is 36.4 Å². The van der Waals surface area contributed by atoms with Crippen LogP contribution in [0.2, 0.25) is 0 Å². The maximum Gasteiger partial charge on any atom is 0.339 e. The highest BCUT2D eigenvalue weighted by Crippen LogP contribution is 2.14. The fourth-order valence-electron chi connectivity index (χ4n) is 1.28. The van der Waals surface area contributed by atoms with Gasteiger partial charge in [-0.2, -0.15) is 0 Å². The van der Waals surface area contributed by atoms with Gasteiger partial charge in [0.05, 0.1) is 0 Å². The highest BCUT2D eigenvalue weighted by molar-refractivity contribution is 5.92. The van der Waals surface area contributed by atoms with Gasteiger partial charge in [0.1, 0.15) is 17.1 Å². The number of carbonyl (C=O) groups excluding carboxylic acids is 1. The lowest BCUT2D eigenvalue weighted by Crippen LogP contribution is -2.10. The molecule has 0 saturated heterocycles. The average molecular weight is 275 g/mol. The molecule has 0 atom stereocenters. The normalized spacial score (nSPS) is 9.20. The summed E-state index contributed by atoms with van der Waals surface area (Å²) >= 11 is 0. The molecule has 104 valence electrons.